The number of aryl methyl sites for hydroxylation is 1. The molecule has 2 rings (SSSR count). The molecule has 2 aromatic rings. The molecule has 6 heteroatoms. The maximum absolute atomic E-state index is 12.2. The molecule has 1 heterocycles. The van der Waals surface area contributed by atoms with Crippen LogP contribution in [-0.2, 0) is 16.6 Å². The van der Waals surface area contributed by atoms with E-state index >= 15 is 0 Å². The predicted octanol–water partition coefficient (Wildman–Crippen LogP) is 1.65. The molecular weight excluding hydrogens is 262 g/mol. The van der Waals surface area contributed by atoms with Gasteiger partial charge in [-0.1, -0.05) is 12.1 Å². The van der Waals surface area contributed by atoms with Gasteiger partial charge in [0.25, 0.3) is 10.0 Å². The van der Waals surface area contributed by atoms with Crippen molar-refractivity contribution >= 4 is 15.7 Å². The number of anilines is 1. The number of hydrogen-bond acceptors (Lipinski definition) is 4. The highest BCUT2D eigenvalue weighted by Gasteiger charge is 2.14. The normalized spacial score (nSPS) is 11.3. The molecule has 0 fully saturated rings. The number of pyridine rings is 1. The molecule has 5 nitrogen and oxygen atoms in total. The van der Waals surface area contributed by atoms with Gasteiger partial charge in [0, 0.05) is 12.7 Å². The number of sulfonamides is 1. The minimum atomic E-state index is -3.59. The minimum absolute atomic E-state index is 0.202. The Morgan fingerprint density at radius 3 is 2.47 bits per heavy atom. The van der Waals surface area contributed by atoms with Gasteiger partial charge in [-0.15, -0.1) is 0 Å². The zero-order chi connectivity index (χ0) is 13.9. The van der Waals surface area contributed by atoms with Crippen molar-refractivity contribution in [3.63, 3.8) is 0 Å². The van der Waals surface area contributed by atoms with E-state index in [1.165, 1.54) is 18.3 Å². The van der Waals surface area contributed by atoms with Crippen molar-refractivity contribution in [3.05, 3.63) is 53.9 Å². The monoisotopic (exact) mass is 277 g/mol. The molecule has 0 saturated heterocycles. The highest BCUT2D eigenvalue weighted by molar-refractivity contribution is 7.92. The molecule has 3 N–H and O–H groups in total. The molecule has 0 atom stereocenters. The summed E-state index contributed by atoms with van der Waals surface area (Å²) in [6.07, 6.45) is 3.10. The van der Waals surface area contributed by atoms with Crippen LogP contribution in [0.15, 0.2) is 47.6 Å². The molecule has 0 spiro atoms. The van der Waals surface area contributed by atoms with Gasteiger partial charge < -0.3 is 5.73 Å². The van der Waals surface area contributed by atoms with E-state index in [-0.39, 0.29) is 4.90 Å². The molecule has 0 unspecified atom stereocenters. The van der Waals surface area contributed by atoms with E-state index in [1.807, 2.05) is 6.92 Å². The molecule has 0 aliphatic heterocycles. The van der Waals surface area contributed by atoms with Crippen molar-refractivity contribution in [1.29, 1.82) is 0 Å². The summed E-state index contributed by atoms with van der Waals surface area (Å²) in [6.45, 7) is 2.20. The Hall–Kier alpha value is -1.92. The van der Waals surface area contributed by atoms with Crippen LogP contribution < -0.4 is 10.5 Å². The van der Waals surface area contributed by atoms with Gasteiger partial charge in [-0.2, -0.15) is 0 Å². The third kappa shape index (κ3) is 3.10. The lowest BCUT2D eigenvalue weighted by molar-refractivity contribution is 0.601. The summed E-state index contributed by atoms with van der Waals surface area (Å²) < 4.78 is 26.9. The second kappa shape index (κ2) is 5.38. The third-order valence-electron chi connectivity index (χ3n) is 2.75. The van der Waals surface area contributed by atoms with E-state index < -0.39 is 10.0 Å². The lowest BCUT2D eigenvalue weighted by Crippen LogP contribution is -2.14. The molecular formula is C13H15N3O2S. The van der Waals surface area contributed by atoms with Gasteiger partial charge in [0.1, 0.15) is 0 Å². The molecule has 0 aliphatic rings. The van der Waals surface area contributed by atoms with E-state index in [4.69, 9.17) is 5.73 Å². The molecule has 0 amide bonds. The number of nitrogens with two attached hydrogens (primary N) is 1. The number of benzene rings is 1. The SMILES string of the molecule is Cc1ccncc1NS(=O)(=O)c1ccc(CN)cc1. The molecule has 1 aromatic carbocycles. The van der Waals surface area contributed by atoms with Crippen molar-refractivity contribution in [2.45, 2.75) is 18.4 Å². The fourth-order valence-corrected chi connectivity index (χ4v) is 2.69. The standard InChI is InChI=1S/C13H15N3O2S/c1-10-6-7-15-9-13(10)16-19(17,18)12-4-2-11(8-14)3-5-12/h2-7,9,16H,8,14H2,1H3. The first-order valence-corrected chi connectivity index (χ1v) is 7.23. The Labute approximate surface area is 112 Å². The van der Waals surface area contributed by atoms with Gasteiger partial charge in [-0.05, 0) is 36.2 Å². The van der Waals surface area contributed by atoms with E-state index in [2.05, 4.69) is 9.71 Å². The molecule has 19 heavy (non-hydrogen) atoms. The second-order valence-corrected chi connectivity index (χ2v) is 5.83. The second-order valence-electron chi connectivity index (χ2n) is 4.14. The van der Waals surface area contributed by atoms with Crippen LogP contribution in [0.2, 0.25) is 0 Å². The number of hydrogen-bond donors (Lipinski definition) is 2. The Morgan fingerprint density at radius 1 is 1.21 bits per heavy atom. The van der Waals surface area contributed by atoms with Gasteiger partial charge in [0.05, 0.1) is 16.8 Å². The number of aromatic nitrogens is 1. The Bertz CT molecular complexity index is 667. The van der Waals surface area contributed by atoms with Crippen molar-refractivity contribution in [3.8, 4) is 0 Å². The summed E-state index contributed by atoms with van der Waals surface area (Å²) in [7, 11) is -3.59. The van der Waals surface area contributed by atoms with Crippen LogP contribution >= 0.6 is 0 Å². The van der Waals surface area contributed by atoms with Crippen LogP contribution in [0.4, 0.5) is 5.69 Å². The van der Waals surface area contributed by atoms with Crippen LogP contribution in [0.5, 0.6) is 0 Å². The fourth-order valence-electron chi connectivity index (χ4n) is 1.58. The van der Waals surface area contributed by atoms with Gasteiger partial charge in [-0.3, -0.25) is 9.71 Å². The number of nitrogens with zero attached hydrogens (tertiary/aromatic N) is 1. The summed E-state index contributed by atoms with van der Waals surface area (Å²) in [4.78, 5) is 4.11. The van der Waals surface area contributed by atoms with Gasteiger partial charge in [-0.25, -0.2) is 8.42 Å². The van der Waals surface area contributed by atoms with Crippen LogP contribution in [0.25, 0.3) is 0 Å². The van der Waals surface area contributed by atoms with Gasteiger partial charge >= 0.3 is 0 Å². The lowest BCUT2D eigenvalue weighted by Gasteiger charge is -2.10. The molecule has 0 saturated carbocycles. The first-order valence-electron chi connectivity index (χ1n) is 5.75. The highest BCUT2D eigenvalue weighted by Crippen LogP contribution is 2.18. The van der Waals surface area contributed by atoms with Gasteiger partial charge in [0.15, 0.2) is 0 Å². The zero-order valence-corrected chi connectivity index (χ0v) is 11.3. The molecule has 0 bridgehead atoms. The van der Waals surface area contributed by atoms with Crippen molar-refractivity contribution in [2.24, 2.45) is 5.73 Å². The zero-order valence-electron chi connectivity index (χ0n) is 10.5. The van der Waals surface area contributed by atoms with Crippen LogP contribution in [0.3, 0.4) is 0 Å². The third-order valence-corrected chi connectivity index (χ3v) is 4.13. The summed E-state index contributed by atoms with van der Waals surface area (Å²) in [5.41, 5.74) is 7.66. The fraction of sp³-hybridized carbons (Fsp3) is 0.154. The lowest BCUT2D eigenvalue weighted by atomic mass is 10.2. The largest absolute Gasteiger partial charge is 0.326 e. The predicted molar refractivity (Wildman–Crippen MR) is 74.1 cm³/mol. The number of rotatable bonds is 4. The van der Waals surface area contributed by atoms with Crippen molar-refractivity contribution in [2.75, 3.05) is 4.72 Å². The van der Waals surface area contributed by atoms with Crippen molar-refractivity contribution < 1.29 is 8.42 Å². The molecule has 100 valence electrons. The average molecular weight is 277 g/mol. The molecule has 1 aromatic heterocycles. The Morgan fingerprint density at radius 2 is 1.89 bits per heavy atom. The van der Waals surface area contributed by atoms with E-state index in [0.717, 1.165) is 11.1 Å². The van der Waals surface area contributed by atoms with Crippen LogP contribution in [-0.4, -0.2) is 13.4 Å². The maximum atomic E-state index is 12.2. The van der Waals surface area contributed by atoms with Crippen LogP contribution in [0.1, 0.15) is 11.1 Å². The first kappa shape index (κ1) is 13.5. The summed E-state index contributed by atoms with van der Waals surface area (Å²) in [6, 6.07) is 8.22. The minimum Gasteiger partial charge on any atom is -0.326 e. The van der Waals surface area contributed by atoms with E-state index in [1.54, 1.807) is 24.4 Å². The summed E-state index contributed by atoms with van der Waals surface area (Å²) >= 11 is 0. The van der Waals surface area contributed by atoms with E-state index in [9.17, 15) is 8.42 Å². The Kier molecular flexibility index (Phi) is 3.82. The van der Waals surface area contributed by atoms with Gasteiger partial charge in [0.2, 0.25) is 0 Å². The highest BCUT2D eigenvalue weighted by atomic mass is 32.2. The maximum Gasteiger partial charge on any atom is 0.261 e. The van der Waals surface area contributed by atoms with Crippen LogP contribution in [0, 0.1) is 6.92 Å². The summed E-state index contributed by atoms with van der Waals surface area (Å²) in [5, 5.41) is 0. The van der Waals surface area contributed by atoms with E-state index in [0.29, 0.717) is 12.2 Å². The number of nitrogens with one attached hydrogen (secondary N) is 1. The Balaban J connectivity index is 2.30. The topological polar surface area (TPSA) is 85.1 Å². The first-order chi connectivity index (χ1) is 9.03. The quantitative estimate of drug-likeness (QED) is 0.889. The van der Waals surface area contributed by atoms with Crippen molar-refractivity contribution in [1.82, 2.24) is 4.98 Å². The summed E-state index contributed by atoms with van der Waals surface area (Å²) in [5.74, 6) is 0. The molecule has 0 aliphatic carbocycles. The smallest absolute Gasteiger partial charge is 0.261 e. The average Bonchev–Trinajstić information content (AvgIpc) is 2.41. The molecule has 0 radical (unpaired) electrons.